The monoisotopic (exact) mass is 368 g/mol. The molecule has 6 aromatic rings. The molecule has 0 spiro atoms. The van der Waals surface area contributed by atoms with Gasteiger partial charge in [0.25, 0.3) is 0 Å². The number of fused-ring (bicyclic) bond motifs is 4. The number of hydrogen-bond donors (Lipinski definition) is 0. The van der Waals surface area contributed by atoms with E-state index in [1.165, 1.54) is 43.1 Å². The van der Waals surface area contributed by atoms with E-state index in [9.17, 15) is 0 Å². The fourth-order valence-corrected chi connectivity index (χ4v) is 4.23. The van der Waals surface area contributed by atoms with E-state index >= 15 is 0 Å². The van der Waals surface area contributed by atoms with E-state index < -0.39 is 0 Å². The number of benzene rings is 6. The quantitative estimate of drug-likeness (QED) is 0.276. The Morgan fingerprint density at radius 1 is 0.345 bits per heavy atom. The summed E-state index contributed by atoms with van der Waals surface area (Å²) in [5.74, 6) is 0. The third-order valence-electron chi connectivity index (χ3n) is 5.69. The van der Waals surface area contributed by atoms with Crippen molar-refractivity contribution >= 4 is 54.5 Å². The summed E-state index contributed by atoms with van der Waals surface area (Å²) < 4.78 is 0. The summed E-state index contributed by atoms with van der Waals surface area (Å²) >= 11 is 0. The molecule has 0 aliphatic rings. The molecule has 0 saturated heterocycles. The molecule has 1 heteroatoms. The minimum absolute atomic E-state index is 1.01. The molecule has 0 amide bonds. The smallest absolute Gasteiger partial charge is 0.0715 e. The molecule has 0 atom stereocenters. The first-order valence-corrected chi connectivity index (χ1v) is 9.90. The summed E-state index contributed by atoms with van der Waals surface area (Å²) in [7, 11) is 0. The highest BCUT2D eigenvalue weighted by molar-refractivity contribution is 6.06. The van der Waals surface area contributed by atoms with E-state index in [0.29, 0.717) is 0 Å². The lowest BCUT2D eigenvalue weighted by molar-refractivity contribution is 1.22. The van der Waals surface area contributed by atoms with Crippen molar-refractivity contribution in [2.45, 2.75) is 0 Å². The Balaban J connectivity index is 1.55. The molecule has 6 aromatic carbocycles. The van der Waals surface area contributed by atoms with Crippen LogP contribution >= 0.6 is 0 Å². The minimum atomic E-state index is 1.01. The molecule has 0 unspecified atom stereocenters. The zero-order valence-electron chi connectivity index (χ0n) is 15.8. The van der Waals surface area contributed by atoms with Crippen LogP contribution in [0.4, 0.5) is 11.4 Å². The van der Waals surface area contributed by atoms with Crippen LogP contribution in [0.3, 0.4) is 0 Å². The lowest BCUT2D eigenvalue weighted by Gasteiger charge is -2.11. The summed E-state index contributed by atoms with van der Waals surface area (Å²) in [6.07, 6.45) is 0. The fraction of sp³-hybridized carbons (Fsp3) is 0. The van der Waals surface area contributed by atoms with E-state index in [1.54, 1.807) is 0 Å². The first-order chi connectivity index (χ1) is 14.3. The highest BCUT2D eigenvalue weighted by Gasteiger charge is 2.08. The van der Waals surface area contributed by atoms with Crippen LogP contribution in [0.25, 0.3) is 43.1 Å². The Kier molecular flexibility index (Phi) is 3.54. The van der Waals surface area contributed by atoms with Gasteiger partial charge < -0.3 is 0 Å². The van der Waals surface area contributed by atoms with Gasteiger partial charge in [-0.05, 0) is 68.7 Å². The SMILES string of the molecule is c1ccc2cc3c([N]c4cccc5cc6ccccc6cc45)cccc3cc2c1. The molecule has 0 N–H and O–H groups in total. The van der Waals surface area contributed by atoms with Gasteiger partial charge in [0.2, 0.25) is 0 Å². The largest absolute Gasteiger partial charge is 0.248 e. The Bertz CT molecular complexity index is 1410. The van der Waals surface area contributed by atoms with Crippen molar-refractivity contribution in [3.05, 3.63) is 109 Å². The van der Waals surface area contributed by atoms with Crippen molar-refractivity contribution in [1.29, 1.82) is 0 Å². The average molecular weight is 368 g/mol. The van der Waals surface area contributed by atoms with Gasteiger partial charge in [-0.1, -0.05) is 72.8 Å². The van der Waals surface area contributed by atoms with Crippen molar-refractivity contribution in [2.75, 3.05) is 0 Å². The molecule has 1 radical (unpaired) electrons. The van der Waals surface area contributed by atoms with E-state index in [4.69, 9.17) is 5.32 Å². The minimum Gasteiger partial charge on any atom is -0.248 e. The molecular formula is C28H18N. The second kappa shape index (κ2) is 6.35. The Morgan fingerprint density at radius 3 is 1.17 bits per heavy atom. The predicted octanol–water partition coefficient (Wildman–Crippen LogP) is 7.87. The molecule has 0 fully saturated rings. The normalized spacial score (nSPS) is 11.4. The molecule has 0 aliphatic heterocycles. The predicted molar refractivity (Wildman–Crippen MR) is 124 cm³/mol. The Labute approximate surface area is 169 Å². The standard InChI is InChI=1S/C28H18N/c1-3-9-21-17-25-23(15-19(21)7-1)11-5-13-27(25)29-28-14-6-12-24-16-20-8-2-4-10-22(20)18-26(24)28/h1-18H. The molecule has 29 heavy (non-hydrogen) atoms. The average Bonchev–Trinajstić information content (AvgIpc) is 2.77. The highest BCUT2D eigenvalue weighted by Crippen LogP contribution is 2.34. The molecule has 0 aromatic heterocycles. The maximum atomic E-state index is 5.11. The van der Waals surface area contributed by atoms with Crippen molar-refractivity contribution in [2.24, 2.45) is 0 Å². The van der Waals surface area contributed by atoms with Gasteiger partial charge in [0, 0.05) is 10.8 Å². The molecule has 0 heterocycles. The molecule has 135 valence electrons. The number of nitrogens with zero attached hydrogens (tertiary/aromatic N) is 1. The van der Waals surface area contributed by atoms with Gasteiger partial charge in [0.1, 0.15) is 0 Å². The van der Waals surface area contributed by atoms with Gasteiger partial charge in [0.15, 0.2) is 0 Å². The molecule has 0 saturated carbocycles. The zero-order chi connectivity index (χ0) is 19.2. The molecule has 6 rings (SSSR count). The van der Waals surface area contributed by atoms with Crippen LogP contribution in [0.5, 0.6) is 0 Å². The summed E-state index contributed by atoms with van der Waals surface area (Å²) in [6.45, 7) is 0. The lowest BCUT2D eigenvalue weighted by Crippen LogP contribution is -1.92. The van der Waals surface area contributed by atoms with E-state index in [0.717, 1.165) is 11.4 Å². The third-order valence-corrected chi connectivity index (χ3v) is 5.69. The van der Waals surface area contributed by atoms with E-state index in [2.05, 4.69) is 109 Å². The van der Waals surface area contributed by atoms with E-state index in [1.807, 2.05) is 0 Å². The zero-order valence-corrected chi connectivity index (χ0v) is 15.8. The molecule has 0 bridgehead atoms. The number of rotatable bonds is 2. The van der Waals surface area contributed by atoms with Gasteiger partial charge in [0.05, 0.1) is 11.4 Å². The molecule has 1 nitrogen and oxygen atoms in total. The first-order valence-electron chi connectivity index (χ1n) is 9.90. The van der Waals surface area contributed by atoms with Crippen LogP contribution in [0.1, 0.15) is 0 Å². The highest BCUT2D eigenvalue weighted by atomic mass is 14.9. The molecular weight excluding hydrogens is 350 g/mol. The first kappa shape index (κ1) is 16.1. The summed E-state index contributed by atoms with van der Waals surface area (Å²) in [6, 6.07) is 38.7. The summed E-state index contributed by atoms with van der Waals surface area (Å²) in [4.78, 5) is 0. The fourth-order valence-electron chi connectivity index (χ4n) is 4.23. The Morgan fingerprint density at radius 2 is 0.724 bits per heavy atom. The van der Waals surface area contributed by atoms with Crippen LogP contribution in [-0.4, -0.2) is 0 Å². The van der Waals surface area contributed by atoms with Crippen LogP contribution in [0.2, 0.25) is 0 Å². The summed E-state index contributed by atoms with van der Waals surface area (Å²) in [5, 5.41) is 14.9. The van der Waals surface area contributed by atoms with Gasteiger partial charge >= 0.3 is 0 Å². The summed E-state index contributed by atoms with van der Waals surface area (Å²) in [5.41, 5.74) is 2.02. The lowest BCUT2D eigenvalue weighted by atomic mass is 10.0. The van der Waals surface area contributed by atoms with Gasteiger partial charge in [-0.2, -0.15) is 0 Å². The second-order valence-electron chi connectivity index (χ2n) is 7.51. The van der Waals surface area contributed by atoms with Crippen molar-refractivity contribution in [1.82, 2.24) is 5.32 Å². The number of hydrogen-bond acceptors (Lipinski definition) is 0. The van der Waals surface area contributed by atoms with Gasteiger partial charge in [-0.15, -0.1) is 0 Å². The maximum Gasteiger partial charge on any atom is 0.0715 e. The van der Waals surface area contributed by atoms with E-state index in [-0.39, 0.29) is 0 Å². The third kappa shape index (κ3) is 2.71. The van der Waals surface area contributed by atoms with Crippen LogP contribution in [0, 0.1) is 0 Å². The second-order valence-corrected chi connectivity index (χ2v) is 7.51. The maximum absolute atomic E-state index is 5.11. The van der Waals surface area contributed by atoms with Crippen molar-refractivity contribution in [3.63, 3.8) is 0 Å². The molecule has 0 aliphatic carbocycles. The van der Waals surface area contributed by atoms with Crippen molar-refractivity contribution in [3.8, 4) is 0 Å². The van der Waals surface area contributed by atoms with Gasteiger partial charge in [-0.25, -0.2) is 5.32 Å². The Hall–Kier alpha value is -3.84. The van der Waals surface area contributed by atoms with Crippen LogP contribution in [0.15, 0.2) is 109 Å². The van der Waals surface area contributed by atoms with Crippen LogP contribution in [-0.2, 0) is 0 Å². The van der Waals surface area contributed by atoms with Crippen molar-refractivity contribution < 1.29 is 0 Å². The topological polar surface area (TPSA) is 14.1 Å². The van der Waals surface area contributed by atoms with Gasteiger partial charge in [-0.3, -0.25) is 0 Å². The van der Waals surface area contributed by atoms with Crippen LogP contribution < -0.4 is 5.32 Å².